The lowest BCUT2D eigenvalue weighted by atomic mass is 9.93. The van der Waals surface area contributed by atoms with Crippen LogP contribution in [-0.2, 0) is 0 Å². The van der Waals surface area contributed by atoms with Crippen molar-refractivity contribution in [3.8, 4) is 0 Å². The van der Waals surface area contributed by atoms with Crippen LogP contribution in [0.2, 0.25) is 0 Å². The molecule has 0 aliphatic carbocycles. The van der Waals surface area contributed by atoms with E-state index >= 15 is 0 Å². The van der Waals surface area contributed by atoms with Crippen LogP contribution in [-0.4, -0.2) is 24.4 Å². The number of carbonyl (C=O) groups is 1. The number of thiazole rings is 1. The van der Waals surface area contributed by atoms with Gasteiger partial charge in [0.15, 0.2) is 11.4 Å². The molecule has 20 heavy (non-hydrogen) atoms. The lowest BCUT2D eigenvalue weighted by Crippen LogP contribution is -2.33. The number of aldehydes is 1. The van der Waals surface area contributed by atoms with Gasteiger partial charge >= 0.3 is 0 Å². The molecule has 3 nitrogen and oxygen atoms in total. The van der Waals surface area contributed by atoms with E-state index in [0.717, 1.165) is 47.4 Å². The van der Waals surface area contributed by atoms with Gasteiger partial charge in [-0.3, -0.25) is 4.79 Å². The van der Waals surface area contributed by atoms with Gasteiger partial charge < -0.3 is 4.90 Å². The molecule has 1 unspecified atom stereocenters. The van der Waals surface area contributed by atoms with E-state index in [1.54, 1.807) is 11.3 Å². The molecular weight excluding hydrogens is 268 g/mol. The third-order valence-electron chi connectivity index (χ3n) is 4.44. The molecule has 0 bridgehead atoms. The second-order valence-corrected chi connectivity index (χ2v) is 6.90. The summed E-state index contributed by atoms with van der Waals surface area (Å²) in [5.41, 5.74) is 0.998. The van der Waals surface area contributed by atoms with E-state index in [9.17, 15) is 4.79 Å². The standard InChI is InChI=1S/C16H26N2OS/c1-4-6-13-7-9-18(10-8-13)16-17-15(12(3)5-2)14(11-19)20-16/h11-13H,4-10H2,1-3H3. The van der Waals surface area contributed by atoms with Crippen LogP contribution in [0.4, 0.5) is 5.13 Å². The van der Waals surface area contributed by atoms with E-state index in [1.165, 1.54) is 25.7 Å². The predicted molar refractivity (Wildman–Crippen MR) is 86.1 cm³/mol. The quantitative estimate of drug-likeness (QED) is 0.725. The summed E-state index contributed by atoms with van der Waals surface area (Å²) in [6.07, 6.45) is 7.18. The van der Waals surface area contributed by atoms with Gasteiger partial charge in [-0.25, -0.2) is 4.98 Å². The molecule has 112 valence electrons. The molecule has 1 aromatic rings. The van der Waals surface area contributed by atoms with Crippen LogP contribution in [0.15, 0.2) is 0 Å². The fraction of sp³-hybridized carbons (Fsp3) is 0.750. The topological polar surface area (TPSA) is 33.2 Å². The second kappa shape index (κ2) is 7.21. The van der Waals surface area contributed by atoms with E-state index < -0.39 is 0 Å². The zero-order valence-electron chi connectivity index (χ0n) is 12.9. The molecule has 1 aliphatic heterocycles. The van der Waals surface area contributed by atoms with Crippen LogP contribution in [0, 0.1) is 5.92 Å². The largest absolute Gasteiger partial charge is 0.348 e. The molecule has 1 aliphatic rings. The van der Waals surface area contributed by atoms with Gasteiger partial charge in [-0.05, 0) is 31.1 Å². The SMILES string of the molecule is CCCC1CCN(c2nc(C(C)CC)c(C=O)s2)CC1. The average molecular weight is 294 g/mol. The molecule has 1 fully saturated rings. The summed E-state index contributed by atoms with van der Waals surface area (Å²) in [5, 5.41) is 1.05. The van der Waals surface area contributed by atoms with Crippen LogP contribution in [0.5, 0.6) is 0 Å². The van der Waals surface area contributed by atoms with Crippen LogP contribution in [0.3, 0.4) is 0 Å². The predicted octanol–water partition coefficient (Wildman–Crippen LogP) is 4.49. The van der Waals surface area contributed by atoms with Crippen LogP contribution < -0.4 is 4.90 Å². The molecule has 0 amide bonds. The smallest absolute Gasteiger partial charge is 0.186 e. The van der Waals surface area contributed by atoms with Crippen LogP contribution >= 0.6 is 11.3 Å². The van der Waals surface area contributed by atoms with Crippen molar-refractivity contribution in [1.82, 2.24) is 4.98 Å². The minimum atomic E-state index is 0.373. The molecule has 0 radical (unpaired) electrons. The molecule has 0 N–H and O–H groups in total. The van der Waals surface area contributed by atoms with Gasteiger partial charge in [0.1, 0.15) is 0 Å². The van der Waals surface area contributed by atoms with Gasteiger partial charge in [0.25, 0.3) is 0 Å². The number of aromatic nitrogens is 1. The summed E-state index contributed by atoms with van der Waals surface area (Å²) < 4.78 is 0. The molecule has 1 saturated heterocycles. The number of hydrogen-bond acceptors (Lipinski definition) is 4. The fourth-order valence-electron chi connectivity index (χ4n) is 2.92. The highest BCUT2D eigenvalue weighted by molar-refractivity contribution is 7.17. The zero-order chi connectivity index (χ0) is 14.5. The number of rotatable bonds is 6. The van der Waals surface area contributed by atoms with E-state index in [0.29, 0.717) is 5.92 Å². The van der Waals surface area contributed by atoms with Crippen LogP contribution in [0.25, 0.3) is 0 Å². The van der Waals surface area contributed by atoms with Gasteiger partial charge in [0, 0.05) is 13.1 Å². The van der Waals surface area contributed by atoms with Crippen molar-refractivity contribution in [1.29, 1.82) is 0 Å². The number of hydrogen-bond donors (Lipinski definition) is 0. The highest BCUT2D eigenvalue weighted by Crippen LogP contribution is 2.33. The minimum Gasteiger partial charge on any atom is -0.348 e. The summed E-state index contributed by atoms with van der Waals surface area (Å²) in [4.78, 5) is 19.2. The zero-order valence-corrected chi connectivity index (χ0v) is 13.7. The summed E-state index contributed by atoms with van der Waals surface area (Å²) >= 11 is 1.57. The van der Waals surface area contributed by atoms with Crippen molar-refractivity contribution >= 4 is 22.8 Å². The fourth-order valence-corrected chi connectivity index (χ4v) is 3.97. The molecule has 0 aromatic carbocycles. The Morgan fingerprint density at radius 3 is 2.65 bits per heavy atom. The third kappa shape index (κ3) is 3.40. The van der Waals surface area contributed by atoms with Crippen molar-refractivity contribution in [2.24, 2.45) is 5.92 Å². The van der Waals surface area contributed by atoms with E-state index in [-0.39, 0.29) is 0 Å². The first-order valence-electron chi connectivity index (χ1n) is 7.90. The molecule has 0 saturated carbocycles. The first-order valence-corrected chi connectivity index (χ1v) is 8.72. The first-order chi connectivity index (χ1) is 9.69. The highest BCUT2D eigenvalue weighted by atomic mass is 32.1. The third-order valence-corrected chi connectivity index (χ3v) is 5.50. The van der Waals surface area contributed by atoms with Crippen molar-refractivity contribution in [2.45, 2.75) is 58.8 Å². The Balaban J connectivity index is 2.06. The van der Waals surface area contributed by atoms with Gasteiger partial charge in [-0.2, -0.15) is 0 Å². The minimum absolute atomic E-state index is 0.373. The Kier molecular flexibility index (Phi) is 5.58. The maximum Gasteiger partial charge on any atom is 0.186 e. The number of piperidine rings is 1. The number of anilines is 1. The van der Waals surface area contributed by atoms with Gasteiger partial charge in [-0.1, -0.05) is 44.9 Å². The molecule has 2 heterocycles. The highest BCUT2D eigenvalue weighted by Gasteiger charge is 2.23. The summed E-state index contributed by atoms with van der Waals surface area (Å²) in [7, 11) is 0. The number of carbonyl (C=O) groups excluding carboxylic acids is 1. The van der Waals surface area contributed by atoms with E-state index in [2.05, 4.69) is 25.7 Å². The maximum absolute atomic E-state index is 11.2. The summed E-state index contributed by atoms with van der Waals surface area (Å²) in [5.74, 6) is 1.26. The van der Waals surface area contributed by atoms with Crippen molar-refractivity contribution < 1.29 is 4.79 Å². The van der Waals surface area contributed by atoms with Crippen molar-refractivity contribution in [3.05, 3.63) is 10.6 Å². The van der Waals surface area contributed by atoms with E-state index in [4.69, 9.17) is 4.98 Å². The monoisotopic (exact) mass is 294 g/mol. The first kappa shape index (κ1) is 15.5. The lowest BCUT2D eigenvalue weighted by molar-refractivity contribution is 0.112. The Labute approximate surface area is 126 Å². The number of nitrogens with zero attached hydrogens (tertiary/aromatic N) is 2. The lowest BCUT2D eigenvalue weighted by Gasteiger charge is -2.31. The molecular formula is C16H26N2OS. The molecule has 0 spiro atoms. The Morgan fingerprint density at radius 2 is 2.10 bits per heavy atom. The Hall–Kier alpha value is -0.900. The van der Waals surface area contributed by atoms with Crippen molar-refractivity contribution in [2.75, 3.05) is 18.0 Å². The summed E-state index contributed by atoms with van der Waals surface area (Å²) in [6, 6.07) is 0. The molecule has 2 rings (SSSR count). The van der Waals surface area contributed by atoms with Gasteiger partial charge in [0.05, 0.1) is 10.6 Å². The normalized spacial score (nSPS) is 18.2. The second-order valence-electron chi connectivity index (χ2n) is 5.89. The maximum atomic E-state index is 11.2. The molecule has 4 heteroatoms. The molecule has 1 atom stereocenters. The van der Waals surface area contributed by atoms with E-state index in [1.807, 2.05) is 0 Å². The van der Waals surface area contributed by atoms with Gasteiger partial charge in [0.2, 0.25) is 0 Å². The van der Waals surface area contributed by atoms with Gasteiger partial charge in [-0.15, -0.1) is 0 Å². The van der Waals surface area contributed by atoms with Crippen LogP contribution in [0.1, 0.15) is 74.2 Å². The van der Waals surface area contributed by atoms with Crippen molar-refractivity contribution in [3.63, 3.8) is 0 Å². The average Bonchev–Trinajstić information content (AvgIpc) is 2.92. The Bertz CT molecular complexity index is 436. The Morgan fingerprint density at radius 1 is 1.40 bits per heavy atom. The molecule has 1 aromatic heterocycles. The summed E-state index contributed by atoms with van der Waals surface area (Å²) in [6.45, 7) is 8.75.